The minimum absolute atomic E-state index is 0.0728. The van der Waals surface area contributed by atoms with Gasteiger partial charge in [-0.15, -0.1) is 0 Å². The Morgan fingerprint density at radius 3 is 2.36 bits per heavy atom. The molecule has 0 saturated carbocycles. The first-order valence-electron chi connectivity index (χ1n) is 10.7. The average molecular weight is 446 g/mol. The van der Waals surface area contributed by atoms with Gasteiger partial charge in [-0.2, -0.15) is 0 Å². The summed E-state index contributed by atoms with van der Waals surface area (Å²) in [7, 11) is 0. The van der Waals surface area contributed by atoms with E-state index >= 15 is 0 Å². The number of phenols is 4. The lowest BCUT2D eigenvalue weighted by atomic mass is 9.66. The van der Waals surface area contributed by atoms with Crippen LogP contribution in [0.15, 0.2) is 30.3 Å². The molecular weight excluding hydrogens is 424 g/mol. The van der Waals surface area contributed by atoms with E-state index in [4.69, 9.17) is 9.47 Å². The molecule has 168 valence electrons. The summed E-state index contributed by atoms with van der Waals surface area (Å²) >= 11 is 0. The molecule has 2 atom stereocenters. The van der Waals surface area contributed by atoms with Crippen LogP contribution in [0.2, 0.25) is 0 Å². The lowest BCUT2D eigenvalue weighted by Gasteiger charge is -2.41. The number of ketones is 1. The van der Waals surface area contributed by atoms with Gasteiger partial charge in [0.1, 0.15) is 34.9 Å². The van der Waals surface area contributed by atoms with Gasteiger partial charge in [0.25, 0.3) is 0 Å². The van der Waals surface area contributed by atoms with Crippen molar-refractivity contribution in [1.29, 1.82) is 0 Å². The number of fused-ring (bicyclic) bond motifs is 8. The molecule has 0 fully saturated rings. The molecule has 3 aliphatic rings. The maximum atomic E-state index is 13.6. The lowest BCUT2D eigenvalue weighted by molar-refractivity contribution is -0.136. The van der Waals surface area contributed by atoms with Gasteiger partial charge in [0.05, 0.1) is 11.1 Å². The van der Waals surface area contributed by atoms with Crippen molar-refractivity contribution in [3.05, 3.63) is 74.8 Å². The maximum Gasteiger partial charge on any atom is 0.204 e. The molecule has 7 heteroatoms. The molecule has 2 bridgehead atoms. The lowest BCUT2D eigenvalue weighted by Crippen LogP contribution is -2.38. The zero-order valence-electron chi connectivity index (χ0n) is 18.3. The molecule has 0 unspecified atom stereocenters. The summed E-state index contributed by atoms with van der Waals surface area (Å²) in [6.45, 7) is 5.60. The first-order chi connectivity index (χ1) is 15.6. The molecule has 2 aliphatic heterocycles. The number of carbonyl (C=O) groups is 1. The van der Waals surface area contributed by atoms with Crippen molar-refractivity contribution in [2.45, 2.75) is 45.0 Å². The van der Waals surface area contributed by atoms with Gasteiger partial charge in [-0.3, -0.25) is 4.79 Å². The summed E-state index contributed by atoms with van der Waals surface area (Å²) < 4.78 is 12.1. The summed E-state index contributed by atoms with van der Waals surface area (Å²) in [4.78, 5) is 13.6. The van der Waals surface area contributed by atoms with Gasteiger partial charge in [0.15, 0.2) is 0 Å². The molecule has 3 aromatic rings. The van der Waals surface area contributed by atoms with Gasteiger partial charge in [-0.05, 0) is 41.3 Å². The molecule has 0 spiro atoms. The number of carbonyl (C=O) groups excluding carboxylic acids is 1. The molecule has 3 aromatic carbocycles. The SMILES string of the molecule is Cc1cc(O)cc2c1[C@H]1O[C@H](Cc3cc4c(c(O)c31)C(=O)c1c(O)cc(O)cc1C4(C)C)O2. The van der Waals surface area contributed by atoms with Crippen LogP contribution in [0.5, 0.6) is 28.7 Å². The predicted molar refractivity (Wildman–Crippen MR) is 117 cm³/mol. The number of hydrogen-bond acceptors (Lipinski definition) is 7. The van der Waals surface area contributed by atoms with Gasteiger partial charge in [0.2, 0.25) is 12.1 Å². The van der Waals surface area contributed by atoms with Gasteiger partial charge < -0.3 is 29.9 Å². The normalized spacial score (nSPS) is 21.4. The Morgan fingerprint density at radius 1 is 0.909 bits per heavy atom. The molecule has 0 aromatic heterocycles. The Morgan fingerprint density at radius 2 is 1.61 bits per heavy atom. The Bertz CT molecular complexity index is 1400. The summed E-state index contributed by atoms with van der Waals surface area (Å²) in [6.07, 6.45) is -0.918. The van der Waals surface area contributed by atoms with Crippen LogP contribution in [0.1, 0.15) is 69.3 Å². The smallest absolute Gasteiger partial charge is 0.204 e. The highest BCUT2D eigenvalue weighted by Gasteiger charge is 2.46. The third kappa shape index (κ3) is 2.51. The van der Waals surface area contributed by atoms with Crippen molar-refractivity contribution in [1.82, 2.24) is 0 Å². The minimum atomic E-state index is -0.769. The fourth-order valence-electron chi connectivity index (χ4n) is 5.59. The first kappa shape index (κ1) is 19.9. The molecule has 4 N–H and O–H groups in total. The Balaban J connectivity index is 1.64. The second kappa shape index (κ2) is 6.20. The summed E-state index contributed by atoms with van der Waals surface area (Å²) in [6, 6.07) is 7.65. The summed E-state index contributed by atoms with van der Waals surface area (Å²) in [5, 5.41) is 42.1. The Kier molecular flexibility index (Phi) is 3.75. The monoisotopic (exact) mass is 446 g/mol. The first-order valence-corrected chi connectivity index (χ1v) is 10.7. The quantitative estimate of drug-likeness (QED) is 0.411. The molecule has 0 saturated heterocycles. The molecule has 7 nitrogen and oxygen atoms in total. The number of ether oxygens (including phenoxy) is 2. The fraction of sp³-hybridized carbons (Fsp3) is 0.269. The van der Waals surface area contributed by atoms with Crippen molar-refractivity contribution in [2.24, 2.45) is 0 Å². The van der Waals surface area contributed by atoms with Crippen LogP contribution in [0, 0.1) is 6.92 Å². The van der Waals surface area contributed by atoms with Gasteiger partial charge in [-0.25, -0.2) is 0 Å². The van der Waals surface area contributed by atoms with Crippen molar-refractivity contribution < 1.29 is 34.7 Å². The molecule has 0 amide bonds. The minimum Gasteiger partial charge on any atom is -0.508 e. The summed E-state index contributed by atoms with van der Waals surface area (Å²) in [5.74, 6) is -0.583. The van der Waals surface area contributed by atoms with E-state index in [0.717, 1.165) is 17.2 Å². The van der Waals surface area contributed by atoms with Crippen LogP contribution in [0.3, 0.4) is 0 Å². The highest BCUT2D eigenvalue weighted by Crippen LogP contribution is 2.54. The highest BCUT2D eigenvalue weighted by atomic mass is 16.7. The molecule has 0 radical (unpaired) electrons. The van der Waals surface area contributed by atoms with Crippen LogP contribution >= 0.6 is 0 Å². The standard InChI is InChI=1S/C26H22O7/c1-10-4-12(27)9-17-19(10)25-20-11(6-18(32-17)33-25)5-14-22(23(20)30)24(31)21-15(26(14,2)3)7-13(28)8-16(21)29/h4-5,7-9,18,25,27-30H,6H2,1-3H3/t18-,25-/m1/s1. The van der Waals surface area contributed by atoms with E-state index in [1.807, 2.05) is 26.8 Å². The Labute approximate surface area is 189 Å². The number of aryl methyl sites for hydroxylation is 1. The third-order valence-electron chi connectivity index (χ3n) is 7.12. The molecule has 33 heavy (non-hydrogen) atoms. The van der Waals surface area contributed by atoms with E-state index in [2.05, 4.69) is 0 Å². The van der Waals surface area contributed by atoms with Crippen LogP contribution < -0.4 is 4.74 Å². The van der Waals surface area contributed by atoms with Crippen LogP contribution in [0.25, 0.3) is 0 Å². The molecule has 1 aliphatic carbocycles. The van der Waals surface area contributed by atoms with E-state index < -0.39 is 23.6 Å². The van der Waals surface area contributed by atoms with Crippen molar-refractivity contribution in [2.75, 3.05) is 0 Å². The second-order valence-electron chi connectivity index (χ2n) is 9.50. The maximum absolute atomic E-state index is 13.6. The number of phenolic OH excluding ortho intramolecular Hbond substituents is 4. The van der Waals surface area contributed by atoms with Gasteiger partial charge >= 0.3 is 0 Å². The highest BCUT2D eigenvalue weighted by molar-refractivity contribution is 6.16. The number of hydrogen-bond donors (Lipinski definition) is 4. The third-order valence-corrected chi connectivity index (χ3v) is 7.12. The van der Waals surface area contributed by atoms with E-state index in [-0.39, 0.29) is 34.1 Å². The average Bonchev–Trinajstić information content (AvgIpc) is 2.70. The van der Waals surface area contributed by atoms with Crippen LogP contribution in [-0.2, 0) is 16.6 Å². The zero-order chi connectivity index (χ0) is 23.4. The van der Waals surface area contributed by atoms with Crippen LogP contribution in [0.4, 0.5) is 0 Å². The number of rotatable bonds is 0. The predicted octanol–water partition coefficient (Wildman–Crippen LogP) is 4.07. The largest absolute Gasteiger partial charge is 0.508 e. The topological polar surface area (TPSA) is 116 Å². The Hall–Kier alpha value is -3.71. The van der Waals surface area contributed by atoms with Crippen LogP contribution in [-0.4, -0.2) is 32.5 Å². The van der Waals surface area contributed by atoms with Crippen molar-refractivity contribution in [3.63, 3.8) is 0 Å². The van der Waals surface area contributed by atoms with Crippen molar-refractivity contribution >= 4 is 5.78 Å². The number of aromatic hydroxyl groups is 4. The van der Waals surface area contributed by atoms with E-state index in [1.54, 1.807) is 6.07 Å². The zero-order valence-corrected chi connectivity index (χ0v) is 18.3. The van der Waals surface area contributed by atoms with Gasteiger partial charge in [0, 0.05) is 35.1 Å². The second-order valence-corrected chi connectivity index (χ2v) is 9.50. The summed E-state index contributed by atoms with van der Waals surface area (Å²) in [5.41, 5.74) is 3.27. The van der Waals surface area contributed by atoms with E-state index in [0.29, 0.717) is 34.4 Å². The molecular formula is C26H22O7. The van der Waals surface area contributed by atoms with Crippen molar-refractivity contribution in [3.8, 4) is 28.7 Å². The van der Waals surface area contributed by atoms with E-state index in [1.165, 1.54) is 12.1 Å². The molecule has 2 heterocycles. The molecule has 6 rings (SSSR count). The van der Waals surface area contributed by atoms with Gasteiger partial charge in [-0.1, -0.05) is 19.9 Å². The fourth-order valence-corrected chi connectivity index (χ4v) is 5.59. The van der Waals surface area contributed by atoms with E-state index in [9.17, 15) is 25.2 Å². The number of benzene rings is 3.